The van der Waals surface area contributed by atoms with E-state index < -0.39 is 23.1 Å². The first kappa shape index (κ1) is 37.3. The van der Waals surface area contributed by atoms with Crippen LogP contribution in [0.25, 0.3) is 0 Å². The van der Waals surface area contributed by atoms with E-state index >= 15 is 0 Å². The van der Waals surface area contributed by atoms with Gasteiger partial charge in [0.05, 0.1) is 11.5 Å². The zero-order valence-electron chi connectivity index (χ0n) is 28.0. The Kier molecular flexibility index (Phi) is 15.8. The topological polar surface area (TPSA) is 80.8 Å². The second-order valence-electron chi connectivity index (χ2n) is 13.4. The minimum absolute atomic E-state index is 0.0300. The number of rotatable bonds is 5. The molecule has 1 fully saturated rings. The molecule has 7 heteroatoms. The molecule has 6 nitrogen and oxygen atoms in total. The summed E-state index contributed by atoms with van der Waals surface area (Å²) in [4.78, 5) is 55.8. The highest BCUT2D eigenvalue weighted by molar-refractivity contribution is 7.80. The molecule has 0 aliphatic carbocycles. The molecule has 0 aromatic heterocycles. The molecule has 0 bridgehead atoms. The molecule has 1 aromatic rings. The fourth-order valence-electron chi connectivity index (χ4n) is 6.26. The Morgan fingerprint density at radius 3 is 2.37 bits per heavy atom. The number of ether oxygens (including phenoxy) is 1. The van der Waals surface area contributed by atoms with Crippen LogP contribution in [0.5, 0.6) is 0 Å². The first-order valence-corrected chi connectivity index (χ1v) is 17.6. The van der Waals surface area contributed by atoms with E-state index in [4.69, 9.17) is 17.0 Å². The van der Waals surface area contributed by atoms with Gasteiger partial charge >= 0.3 is 0 Å². The lowest BCUT2D eigenvalue weighted by Crippen LogP contribution is -2.53. The maximum Gasteiger partial charge on any atom is 0.291 e. The average molecular weight is 648 g/mol. The van der Waals surface area contributed by atoms with E-state index in [2.05, 4.69) is 18.7 Å². The number of benzene rings is 1. The van der Waals surface area contributed by atoms with Gasteiger partial charge < -0.3 is 9.64 Å². The number of piperidine rings is 1. The van der Waals surface area contributed by atoms with Crippen LogP contribution in [-0.4, -0.2) is 52.4 Å². The van der Waals surface area contributed by atoms with Gasteiger partial charge in [-0.3, -0.25) is 19.2 Å². The standard InChI is InChI=1S/C39H53NO5S/c1-4-5-19-31-25-26-33(41)20-13-8-6-7-9-14-22-36(46)45-29-39(2,3)37(43)38(44)40-27-16-15-21-34(40)35(42)28-32(31)24-23-30-17-11-10-12-18-30/h4-5,10-12,17-19,25,32,34H,1,6-9,13-16,20-24,26-29H2,2-3H3/b19-5-,31-25+. The third kappa shape index (κ3) is 12.2. The summed E-state index contributed by atoms with van der Waals surface area (Å²) in [6, 6.07) is 9.51. The van der Waals surface area contributed by atoms with Crippen molar-refractivity contribution in [3.63, 3.8) is 0 Å². The van der Waals surface area contributed by atoms with Gasteiger partial charge in [-0.15, -0.1) is 0 Å². The van der Waals surface area contributed by atoms with Crippen LogP contribution in [-0.2, 0) is 30.3 Å². The molecule has 1 aromatic carbocycles. The molecule has 0 N–H and O–H groups in total. The molecule has 1 amide bonds. The number of thiocarbonyl (C=S) groups is 1. The molecule has 0 radical (unpaired) electrons. The SMILES string of the molecule is C=C/C=C\C1=C/CC(=O)CCCCCCCCC(=S)OCC(C)(C)C(=O)C(=O)N2CCCCC2C(=O)CC1CCc1ccccc1. The zero-order chi connectivity index (χ0) is 33.4. The van der Waals surface area contributed by atoms with Crippen molar-refractivity contribution in [1.29, 1.82) is 0 Å². The Labute approximate surface area is 281 Å². The molecular weight excluding hydrogens is 594 g/mol. The third-order valence-corrected chi connectivity index (χ3v) is 9.48. The van der Waals surface area contributed by atoms with E-state index in [1.165, 1.54) is 10.5 Å². The van der Waals surface area contributed by atoms with Crippen LogP contribution in [0.4, 0.5) is 0 Å². The molecule has 2 atom stereocenters. The van der Waals surface area contributed by atoms with Gasteiger partial charge in [-0.05, 0) is 88.1 Å². The summed E-state index contributed by atoms with van der Waals surface area (Å²) in [6.07, 6.45) is 18.7. The number of aryl methyl sites for hydroxylation is 1. The number of amides is 1. The molecule has 2 aliphatic rings. The Balaban J connectivity index is 1.91. The first-order valence-electron chi connectivity index (χ1n) is 17.2. The Morgan fingerprint density at radius 2 is 1.65 bits per heavy atom. The summed E-state index contributed by atoms with van der Waals surface area (Å²) >= 11 is 5.42. The van der Waals surface area contributed by atoms with Crippen LogP contribution in [0.1, 0.15) is 109 Å². The van der Waals surface area contributed by atoms with Crippen LogP contribution >= 0.6 is 12.2 Å². The summed E-state index contributed by atoms with van der Waals surface area (Å²) in [6.45, 7) is 7.66. The predicted molar refractivity (Wildman–Crippen MR) is 189 cm³/mol. The summed E-state index contributed by atoms with van der Waals surface area (Å²) in [5.74, 6) is -1.18. The van der Waals surface area contributed by atoms with Gasteiger partial charge in [0.1, 0.15) is 12.4 Å². The van der Waals surface area contributed by atoms with Crippen molar-refractivity contribution < 1.29 is 23.9 Å². The lowest BCUT2D eigenvalue weighted by Gasteiger charge is -2.36. The fourth-order valence-corrected chi connectivity index (χ4v) is 6.46. The van der Waals surface area contributed by atoms with Crippen molar-refractivity contribution in [2.75, 3.05) is 13.2 Å². The molecule has 0 saturated carbocycles. The first-order chi connectivity index (χ1) is 22.1. The molecule has 1 saturated heterocycles. The highest BCUT2D eigenvalue weighted by atomic mass is 32.1. The summed E-state index contributed by atoms with van der Waals surface area (Å²) < 4.78 is 5.81. The number of hydrogen-bond donors (Lipinski definition) is 0. The lowest BCUT2D eigenvalue weighted by molar-refractivity contribution is -0.154. The Bertz CT molecular complexity index is 1260. The quantitative estimate of drug-likeness (QED) is 0.182. The highest BCUT2D eigenvalue weighted by Gasteiger charge is 2.41. The number of allylic oxidation sites excluding steroid dienone is 5. The number of nitrogens with zero attached hydrogens (tertiary/aromatic N) is 1. The normalized spacial score (nSPS) is 25.0. The van der Waals surface area contributed by atoms with Crippen LogP contribution in [0.15, 0.2) is 66.8 Å². The van der Waals surface area contributed by atoms with Gasteiger partial charge in [-0.2, -0.15) is 0 Å². The average Bonchev–Trinajstić information content (AvgIpc) is 3.06. The molecule has 2 unspecified atom stereocenters. The molecule has 2 aliphatic heterocycles. The van der Waals surface area contributed by atoms with Crippen molar-refractivity contribution >= 4 is 40.5 Å². The Hall–Kier alpha value is -3.19. The van der Waals surface area contributed by atoms with Gasteiger partial charge in [0.25, 0.3) is 5.91 Å². The van der Waals surface area contributed by atoms with Gasteiger partial charge in [0.15, 0.2) is 10.8 Å². The van der Waals surface area contributed by atoms with E-state index in [9.17, 15) is 19.2 Å². The number of carbonyl (C=O) groups excluding carboxylic acids is 4. The van der Waals surface area contributed by atoms with Gasteiger partial charge in [-0.25, -0.2) is 0 Å². The number of hydrogen-bond acceptors (Lipinski definition) is 6. The van der Waals surface area contributed by atoms with E-state index in [0.717, 1.165) is 63.4 Å². The minimum Gasteiger partial charge on any atom is -0.486 e. The van der Waals surface area contributed by atoms with Crippen LogP contribution < -0.4 is 0 Å². The summed E-state index contributed by atoms with van der Waals surface area (Å²) in [5.41, 5.74) is 1.04. The third-order valence-electron chi connectivity index (χ3n) is 9.16. The van der Waals surface area contributed by atoms with Crippen molar-refractivity contribution in [1.82, 2.24) is 4.90 Å². The zero-order valence-corrected chi connectivity index (χ0v) is 28.8. The molecule has 0 spiro atoms. The Morgan fingerprint density at radius 1 is 0.957 bits per heavy atom. The number of Topliss-reactive ketones (excluding diaryl/α,β-unsaturated/α-hetero) is 3. The monoisotopic (exact) mass is 647 g/mol. The van der Waals surface area contributed by atoms with Gasteiger partial charge in [0.2, 0.25) is 5.78 Å². The molecule has 3 rings (SSSR count). The predicted octanol–water partition coefficient (Wildman–Crippen LogP) is 8.28. The highest BCUT2D eigenvalue weighted by Crippen LogP contribution is 2.29. The largest absolute Gasteiger partial charge is 0.486 e. The smallest absolute Gasteiger partial charge is 0.291 e. The van der Waals surface area contributed by atoms with Gasteiger partial charge in [0, 0.05) is 32.2 Å². The van der Waals surface area contributed by atoms with Crippen molar-refractivity contribution in [3.8, 4) is 0 Å². The van der Waals surface area contributed by atoms with E-state index in [1.54, 1.807) is 19.9 Å². The lowest BCUT2D eigenvalue weighted by atomic mass is 9.83. The molecule has 2 heterocycles. The summed E-state index contributed by atoms with van der Waals surface area (Å²) in [7, 11) is 0. The summed E-state index contributed by atoms with van der Waals surface area (Å²) in [5, 5.41) is 0.457. The van der Waals surface area contributed by atoms with Crippen LogP contribution in [0, 0.1) is 11.3 Å². The number of fused-ring (bicyclic) bond motifs is 1. The van der Waals surface area contributed by atoms with Gasteiger partial charge in [-0.1, -0.05) is 86.9 Å². The van der Waals surface area contributed by atoms with Crippen molar-refractivity contribution in [3.05, 3.63) is 72.4 Å². The molecule has 250 valence electrons. The second-order valence-corrected chi connectivity index (χ2v) is 13.9. The van der Waals surface area contributed by atoms with Crippen molar-refractivity contribution in [2.24, 2.45) is 11.3 Å². The van der Waals surface area contributed by atoms with Crippen LogP contribution in [0.2, 0.25) is 0 Å². The van der Waals surface area contributed by atoms with Crippen LogP contribution in [0.3, 0.4) is 0 Å². The maximum atomic E-state index is 14.1. The molecule has 46 heavy (non-hydrogen) atoms. The minimum atomic E-state index is -1.07. The van der Waals surface area contributed by atoms with E-state index in [1.807, 2.05) is 36.4 Å². The number of carbonyl (C=O) groups is 4. The van der Waals surface area contributed by atoms with E-state index in [-0.39, 0.29) is 30.5 Å². The molecular formula is C39H53NO5S. The second kappa shape index (κ2) is 19.5. The fraction of sp³-hybridized carbons (Fsp3) is 0.564. The maximum absolute atomic E-state index is 14.1. The number of ketones is 3. The van der Waals surface area contributed by atoms with Crippen molar-refractivity contribution in [2.45, 2.75) is 116 Å². The van der Waals surface area contributed by atoms with E-state index in [0.29, 0.717) is 43.7 Å².